The zero-order chi connectivity index (χ0) is 19.2. The fourth-order valence-electron chi connectivity index (χ4n) is 2.59. The number of thiocarbonyl (C=S) groups is 1. The number of hydrogen-bond donors (Lipinski definition) is 0. The van der Waals surface area contributed by atoms with Gasteiger partial charge >= 0.3 is 0 Å². The van der Waals surface area contributed by atoms with Crippen LogP contribution in [0.15, 0.2) is 65.7 Å². The zero-order valence-corrected chi connectivity index (χ0v) is 15.4. The lowest BCUT2D eigenvalue weighted by molar-refractivity contribution is 0.622. The molecule has 0 heterocycles. The van der Waals surface area contributed by atoms with Gasteiger partial charge in [-0.05, 0) is 71.7 Å². The lowest BCUT2D eigenvalue weighted by Crippen LogP contribution is -1.87. The highest BCUT2D eigenvalue weighted by Crippen LogP contribution is 2.26. The van der Waals surface area contributed by atoms with E-state index in [9.17, 15) is 8.78 Å². The van der Waals surface area contributed by atoms with E-state index in [1.807, 2.05) is 37.3 Å². The first-order chi connectivity index (χ1) is 13.1. The molecule has 0 radical (unpaired) electrons. The molecule has 0 atom stereocenters. The van der Waals surface area contributed by atoms with Gasteiger partial charge in [0.15, 0.2) is 0 Å². The van der Waals surface area contributed by atoms with Crippen LogP contribution in [0, 0.1) is 23.5 Å². The molecule has 3 aromatic rings. The van der Waals surface area contributed by atoms with E-state index in [2.05, 4.69) is 34.2 Å². The summed E-state index contributed by atoms with van der Waals surface area (Å²) in [5.41, 5.74) is 3.78. The summed E-state index contributed by atoms with van der Waals surface area (Å²) < 4.78 is 28.0. The van der Waals surface area contributed by atoms with Crippen molar-refractivity contribution in [3.05, 3.63) is 89.0 Å². The standard InChI is InChI=1S/C23H15F2NS/c1-2-16-3-9-19(21(24)13-16)10-6-17-4-7-18(8-5-17)20-11-12-23(26-15-27)22(25)14-20/h3-5,7-9,11-14H,2H2,1H3. The maximum atomic E-state index is 14.0. The summed E-state index contributed by atoms with van der Waals surface area (Å²) in [6.07, 6.45) is 0.783. The summed E-state index contributed by atoms with van der Waals surface area (Å²) in [5.74, 6) is 5.04. The van der Waals surface area contributed by atoms with Gasteiger partial charge in [-0.3, -0.25) is 0 Å². The van der Waals surface area contributed by atoms with Crippen LogP contribution in [-0.2, 0) is 6.42 Å². The van der Waals surface area contributed by atoms with Crippen molar-refractivity contribution in [2.45, 2.75) is 13.3 Å². The molecule has 3 aromatic carbocycles. The van der Waals surface area contributed by atoms with Gasteiger partial charge in [0.1, 0.15) is 17.3 Å². The molecular formula is C23H15F2NS. The van der Waals surface area contributed by atoms with Crippen molar-refractivity contribution in [2.75, 3.05) is 0 Å². The van der Waals surface area contributed by atoms with Gasteiger partial charge in [-0.15, -0.1) is 0 Å². The number of halogens is 2. The van der Waals surface area contributed by atoms with E-state index in [0.29, 0.717) is 5.56 Å². The normalized spacial score (nSPS) is 9.89. The summed E-state index contributed by atoms with van der Waals surface area (Å²) in [7, 11) is 0. The van der Waals surface area contributed by atoms with Crippen LogP contribution in [0.2, 0.25) is 0 Å². The Morgan fingerprint density at radius 1 is 0.852 bits per heavy atom. The summed E-state index contributed by atoms with van der Waals surface area (Å²) in [6, 6.07) is 17.1. The third kappa shape index (κ3) is 4.54. The van der Waals surface area contributed by atoms with Gasteiger partial charge in [-0.2, -0.15) is 4.99 Å². The van der Waals surface area contributed by atoms with Gasteiger partial charge < -0.3 is 0 Å². The van der Waals surface area contributed by atoms with E-state index in [0.717, 1.165) is 28.7 Å². The van der Waals surface area contributed by atoms with Crippen molar-refractivity contribution in [1.29, 1.82) is 0 Å². The fourth-order valence-corrected chi connectivity index (χ4v) is 2.69. The van der Waals surface area contributed by atoms with Crippen molar-refractivity contribution in [2.24, 2.45) is 4.99 Å². The van der Waals surface area contributed by atoms with Gasteiger partial charge in [-0.1, -0.05) is 43.0 Å². The molecule has 0 unspecified atom stereocenters. The minimum absolute atomic E-state index is 0.160. The molecule has 27 heavy (non-hydrogen) atoms. The number of rotatable bonds is 3. The number of isothiocyanates is 1. The van der Waals surface area contributed by atoms with Gasteiger partial charge in [-0.25, -0.2) is 8.78 Å². The first kappa shape index (κ1) is 18.7. The molecule has 0 saturated carbocycles. The van der Waals surface area contributed by atoms with Crippen molar-refractivity contribution >= 4 is 23.1 Å². The monoisotopic (exact) mass is 375 g/mol. The molecule has 0 N–H and O–H groups in total. The Morgan fingerprint density at radius 3 is 2.22 bits per heavy atom. The molecule has 0 aliphatic rings. The van der Waals surface area contributed by atoms with E-state index in [4.69, 9.17) is 0 Å². The van der Waals surface area contributed by atoms with Gasteiger partial charge in [0, 0.05) is 5.56 Å². The molecule has 0 bridgehead atoms. The van der Waals surface area contributed by atoms with Crippen LogP contribution in [-0.4, -0.2) is 5.16 Å². The van der Waals surface area contributed by atoms with Crippen molar-refractivity contribution in [3.63, 3.8) is 0 Å². The Morgan fingerprint density at radius 2 is 1.59 bits per heavy atom. The average molecular weight is 375 g/mol. The summed E-state index contributed by atoms with van der Waals surface area (Å²) in [5, 5.41) is 2.16. The molecule has 0 aliphatic heterocycles. The van der Waals surface area contributed by atoms with E-state index in [1.54, 1.807) is 18.2 Å². The summed E-state index contributed by atoms with van der Waals surface area (Å²) in [4.78, 5) is 3.67. The molecule has 132 valence electrons. The Bertz CT molecular complexity index is 1090. The zero-order valence-electron chi connectivity index (χ0n) is 14.6. The molecule has 1 nitrogen and oxygen atoms in total. The molecule has 3 rings (SSSR count). The lowest BCUT2D eigenvalue weighted by Gasteiger charge is -2.03. The van der Waals surface area contributed by atoms with E-state index in [-0.39, 0.29) is 11.5 Å². The van der Waals surface area contributed by atoms with E-state index < -0.39 is 5.82 Å². The average Bonchev–Trinajstić information content (AvgIpc) is 2.69. The van der Waals surface area contributed by atoms with Crippen LogP contribution in [0.5, 0.6) is 0 Å². The Balaban J connectivity index is 1.82. The molecule has 4 heteroatoms. The number of aryl methyl sites for hydroxylation is 1. The molecule has 0 saturated heterocycles. The number of nitrogens with zero attached hydrogens (tertiary/aromatic N) is 1. The number of hydrogen-bond acceptors (Lipinski definition) is 2. The van der Waals surface area contributed by atoms with Crippen LogP contribution < -0.4 is 0 Å². The maximum Gasteiger partial charge on any atom is 0.150 e. The first-order valence-electron chi connectivity index (χ1n) is 8.39. The minimum atomic E-state index is -0.459. The summed E-state index contributed by atoms with van der Waals surface area (Å²) >= 11 is 4.50. The predicted octanol–water partition coefficient (Wildman–Crippen LogP) is 6.33. The Hall–Kier alpha value is -3.12. The van der Waals surface area contributed by atoms with Crippen molar-refractivity contribution in [1.82, 2.24) is 0 Å². The number of benzene rings is 3. The van der Waals surface area contributed by atoms with Crippen LogP contribution in [0.25, 0.3) is 11.1 Å². The maximum absolute atomic E-state index is 14.0. The second-order valence-electron chi connectivity index (χ2n) is 5.86. The highest BCUT2D eigenvalue weighted by molar-refractivity contribution is 7.78. The highest BCUT2D eigenvalue weighted by Gasteiger charge is 2.04. The largest absolute Gasteiger partial charge is 0.206 e. The van der Waals surface area contributed by atoms with Crippen LogP contribution >= 0.6 is 12.2 Å². The van der Waals surface area contributed by atoms with Crippen LogP contribution in [0.3, 0.4) is 0 Å². The fraction of sp³-hybridized carbons (Fsp3) is 0.0870. The minimum Gasteiger partial charge on any atom is -0.206 e. The predicted molar refractivity (Wildman–Crippen MR) is 108 cm³/mol. The smallest absolute Gasteiger partial charge is 0.150 e. The third-order valence-corrected chi connectivity index (χ3v) is 4.21. The van der Waals surface area contributed by atoms with Crippen molar-refractivity contribution in [3.8, 4) is 23.0 Å². The van der Waals surface area contributed by atoms with Gasteiger partial charge in [0.2, 0.25) is 0 Å². The molecule has 0 amide bonds. The highest BCUT2D eigenvalue weighted by atomic mass is 32.1. The molecule has 0 spiro atoms. The van der Waals surface area contributed by atoms with E-state index >= 15 is 0 Å². The summed E-state index contributed by atoms with van der Waals surface area (Å²) in [6.45, 7) is 1.98. The molecular weight excluding hydrogens is 360 g/mol. The lowest BCUT2D eigenvalue weighted by atomic mass is 10.0. The Kier molecular flexibility index (Phi) is 5.88. The first-order valence-corrected chi connectivity index (χ1v) is 8.80. The molecule has 0 fully saturated rings. The van der Waals surface area contributed by atoms with Gasteiger partial charge in [0.25, 0.3) is 0 Å². The van der Waals surface area contributed by atoms with Crippen LogP contribution in [0.4, 0.5) is 14.5 Å². The molecule has 0 aliphatic carbocycles. The van der Waals surface area contributed by atoms with Crippen molar-refractivity contribution < 1.29 is 8.78 Å². The van der Waals surface area contributed by atoms with E-state index in [1.165, 1.54) is 12.1 Å². The van der Waals surface area contributed by atoms with Crippen LogP contribution in [0.1, 0.15) is 23.6 Å². The quantitative estimate of drug-likeness (QED) is 0.296. The Labute approximate surface area is 162 Å². The third-order valence-electron chi connectivity index (χ3n) is 4.12. The van der Waals surface area contributed by atoms with Gasteiger partial charge in [0.05, 0.1) is 10.7 Å². The molecule has 0 aromatic heterocycles. The topological polar surface area (TPSA) is 12.4 Å². The second kappa shape index (κ2) is 8.51. The SMILES string of the molecule is CCc1ccc(C#Cc2ccc(-c3ccc(N=C=S)c(F)c3)cc2)c(F)c1. The number of aliphatic imine (C=N–C) groups is 1. The second-order valence-corrected chi connectivity index (χ2v) is 6.05.